The van der Waals surface area contributed by atoms with Crippen LogP contribution in [0.1, 0.15) is 0 Å². The van der Waals surface area contributed by atoms with Crippen molar-refractivity contribution in [2.45, 2.75) is 2.32 Å². The van der Waals surface area contributed by atoms with E-state index in [1.165, 1.54) is 0 Å². The van der Waals surface area contributed by atoms with Gasteiger partial charge in [0.2, 0.25) is 0 Å². The first-order valence-electron chi connectivity index (χ1n) is 3.62. The summed E-state index contributed by atoms with van der Waals surface area (Å²) in [5, 5.41) is 0. The summed E-state index contributed by atoms with van der Waals surface area (Å²) >= 11 is 2.20. The number of sulfone groups is 1. The maximum Gasteiger partial charge on any atom is 0.373 e. The van der Waals surface area contributed by atoms with Gasteiger partial charge in [0.15, 0.2) is 9.84 Å². The van der Waals surface area contributed by atoms with E-state index in [0.717, 1.165) is 0 Å². The summed E-state index contributed by atoms with van der Waals surface area (Å²) < 4.78 is 73.7. The van der Waals surface area contributed by atoms with E-state index in [9.17, 15) is 25.3 Å². The van der Waals surface area contributed by atoms with Crippen LogP contribution >= 0.6 is 15.9 Å². The summed E-state index contributed by atoms with van der Waals surface area (Å²) in [7, 11) is -14.4. The maximum absolute atomic E-state index is 11.5. The second-order valence-electron chi connectivity index (χ2n) is 2.81. The largest absolute Gasteiger partial charge is 0.373 e. The number of alkyl halides is 1. The van der Waals surface area contributed by atoms with Crippen LogP contribution in [0, 0.1) is 0 Å². The van der Waals surface area contributed by atoms with E-state index in [-0.39, 0.29) is 0 Å². The molecule has 1 rings (SSSR count). The SMILES string of the molecule is CS(=O)(=O)C1(Br)S(=O)(=O)OCCOS1(=O)=O. The predicted molar refractivity (Wildman–Crippen MR) is 56.2 cm³/mol. The minimum atomic E-state index is -4.91. The van der Waals surface area contributed by atoms with Gasteiger partial charge in [-0.2, -0.15) is 16.8 Å². The minimum Gasteiger partial charge on any atom is -0.265 e. The van der Waals surface area contributed by atoms with Gasteiger partial charge in [0.05, 0.1) is 13.2 Å². The van der Waals surface area contributed by atoms with Gasteiger partial charge in [0.25, 0.3) is 0 Å². The summed E-state index contributed by atoms with van der Waals surface area (Å²) in [4.78, 5) is 0. The van der Waals surface area contributed by atoms with Crippen molar-refractivity contribution in [2.24, 2.45) is 0 Å². The highest BCUT2D eigenvalue weighted by molar-refractivity contribution is 9.15. The van der Waals surface area contributed by atoms with Crippen LogP contribution in [0.15, 0.2) is 0 Å². The first kappa shape index (κ1) is 14.3. The smallest absolute Gasteiger partial charge is 0.265 e. The molecule has 16 heavy (non-hydrogen) atoms. The van der Waals surface area contributed by atoms with Crippen molar-refractivity contribution in [1.29, 1.82) is 0 Å². The van der Waals surface area contributed by atoms with Crippen LogP contribution in [0.4, 0.5) is 0 Å². The van der Waals surface area contributed by atoms with Crippen LogP contribution in [0.25, 0.3) is 0 Å². The monoisotopic (exact) mass is 358 g/mol. The quantitative estimate of drug-likeness (QED) is 0.420. The van der Waals surface area contributed by atoms with E-state index in [1.54, 1.807) is 0 Å². The van der Waals surface area contributed by atoms with Crippen molar-refractivity contribution in [2.75, 3.05) is 19.5 Å². The third kappa shape index (κ3) is 1.90. The summed E-state index contributed by atoms with van der Waals surface area (Å²) in [5.74, 6) is 0. The van der Waals surface area contributed by atoms with Crippen LogP contribution in [0.2, 0.25) is 0 Å². The summed E-state index contributed by atoms with van der Waals surface area (Å²) in [6, 6.07) is 0. The molecule has 0 N–H and O–H groups in total. The van der Waals surface area contributed by atoms with Crippen molar-refractivity contribution in [3.8, 4) is 0 Å². The van der Waals surface area contributed by atoms with Crippen LogP contribution in [0.3, 0.4) is 0 Å². The van der Waals surface area contributed by atoms with E-state index in [0.29, 0.717) is 6.26 Å². The molecule has 1 fully saturated rings. The lowest BCUT2D eigenvalue weighted by molar-refractivity contribution is 0.237. The second kappa shape index (κ2) is 3.88. The first-order valence-corrected chi connectivity index (χ1v) is 9.12. The Hall–Kier alpha value is 0.250. The first-order chi connectivity index (χ1) is 6.96. The van der Waals surface area contributed by atoms with Gasteiger partial charge in [-0.25, -0.2) is 8.42 Å². The zero-order valence-electron chi connectivity index (χ0n) is 7.78. The molecule has 0 aliphatic carbocycles. The number of halogens is 1. The van der Waals surface area contributed by atoms with Gasteiger partial charge >= 0.3 is 22.6 Å². The standard InChI is InChI=1S/C4H7BrO8S3/c1-14(6,7)4(5)15(8,9)12-2-3-13-16(4,10)11/h2-3H2,1H3. The van der Waals surface area contributed by atoms with Gasteiger partial charge < -0.3 is 0 Å². The number of rotatable bonds is 1. The van der Waals surface area contributed by atoms with Crippen LogP contribution in [-0.2, 0) is 38.4 Å². The van der Waals surface area contributed by atoms with Crippen LogP contribution in [0.5, 0.6) is 0 Å². The molecule has 12 heteroatoms. The molecule has 1 aliphatic heterocycles. The van der Waals surface area contributed by atoms with Gasteiger partial charge in [0, 0.05) is 6.26 Å². The lowest BCUT2D eigenvalue weighted by Crippen LogP contribution is -2.47. The van der Waals surface area contributed by atoms with Gasteiger partial charge in [-0.15, -0.1) is 0 Å². The molecular weight excluding hydrogens is 352 g/mol. The van der Waals surface area contributed by atoms with Gasteiger partial charge in [-0.1, -0.05) is 0 Å². The van der Waals surface area contributed by atoms with Gasteiger partial charge in [0.1, 0.15) is 0 Å². The average Bonchev–Trinajstić information content (AvgIpc) is 2.14. The molecule has 1 heterocycles. The fraction of sp³-hybridized carbons (Fsp3) is 1.00. The van der Waals surface area contributed by atoms with Crippen LogP contribution in [-0.4, -0.2) is 47.0 Å². The molecule has 0 bridgehead atoms. The molecule has 0 aromatic heterocycles. The Bertz CT molecular complexity index is 547. The summed E-state index contributed by atoms with van der Waals surface area (Å²) in [6.45, 7) is -1.16. The van der Waals surface area contributed by atoms with Crippen molar-refractivity contribution < 1.29 is 33.6 Å². The Morgan fingerprint density at radius 2 is 1.38 bits per heavy atom. The van der Waals surface area contributed by atoms with E-state index < -0.39 is 45.6 Å². The Kier molecular flexibility index (Phi) is 3.47. The molecule has 0 spiro atoms. The fourth-order valence-corrected chi connectivity index (χ4v) is 6.88. The van der Waals surface area contributed by atoms with Crippen LogP contribution < -0.4 is 0 Å². The molecule has 96 valence electrons. The highest BCUT2D eigenvalue weighted by Crippen LogP contribution is 2.40. The fourth-order valence-electron chi connectivity index (χ4n) is 0.924. The number of hydrogen-bond acceptors (Lipinski definition) is 8. The Balaban J connectivity index is 3.74. The maximum atomic E-state index is 11.5. The molecule has 0 saturated carbocycles. The average molecular weight is 359 g/mol. The summed E-state index contributed by atoms with van der Waals surface area (Å²) in [6.07, 6.45) is 0.439. The minimum absolute atomic E-state index is 0.439. The molecule has 1 aliphatic rings. The molecule has 0 atom stereocenters. The zero-order valence-corrected chi connectivity index (χ0v) is 11.8. The topological polar surface area (TPSA) is 121 Å². The zero-order chi connectivity index (χ0) is 12.8. The molecule has 8 nitrogen and oxygen atoms in total. The molecule has 0 amide bonds. The Morgan fingerprint density at radius 1 is 1.06 bits per heavy atom. The van der Waals surface area contributed by atoms with E-state index in [2.05, 4.69) is 24.3 Å². The number of hydrogen-bond donors (Lipinski definition) is 0. The molecule has 1 saturated heterocycles. The lowest BCUT2D eigenvalue weighted by Gasteiger charge is -2.20. The predicted octanol–water partition coefficient (Wildman–Crippen LogP) is -1.26. The molecular formula is C4H7BrO8S3. The third-order valence-electron chi connectivity index (χ3n) is 1.60. The summed E-state index contributed by atoms with van der Waals surface area (Å²) in [5.41, 5.74) is 0. The molecule has 0 aromatic rings. The Morgan fingerprint density at radius 3 is 1.62 bits per heavy atom. The van der Waals surface area contributed by atoms with Crippen molar-refractivity contribution >= 4 is 46.0 Å². The molecule has 0 radical (unpaired) electrons. The second-order valence-corrected chi connectivity index (χ2v) is 12.0. The van der Waals surface area contributed by atoms with Crippen molar-refractivity contribution in [3.63, 3.8) is 0 Å². The third-order valence-corrected chi connectivity index (χ3v) is 13.0. The van der Waals surface area contributed by atoms with E-state index in [4.69, 9.17) is 0 Å². The van der Waals surface area contributed by atoms with E-state index >= 15 is 0 Å². The Labute approximate surface area is 101 Å². The lowest BCUT2D eigenvalue weighted by atomic mass is 10.8. The molecule has 0 unspecified atom stereocenters. The van der Waals surface area contributed by atoms with Crippen molar-refractivity contribution in [1.82, 2.24) is 0 Å². The van der Waals surface area contributed by atoms with Crippen molar-refractivity contribution in [3.05, 3.63) is 0 Å². The highest BCUT2D eigenvalue weighted by Gasteiger charge is 2.65. The highest BCUT2D eigenvalue weighted by atomic mass is 79.9. The van der Waals surface area contributed by atoms with Gasteiger partial charge in [-0.3, -0.25) is 8.37 Å². The van der Waals surface area contributed by atoms with E-state index in [1.807, 2.05) is 0 Å². The normalized spacial score (nSPS) is 28.1. The molecule has 0 aromatic carbocycles. The van der Waals surface area contributed by atoms with Gasteiger partial charge in [-0.05, 0) is 15.9 Å².